The first kappa shape index (κ1) is 15.7. The third-order valence-corrected chi connectivity index (χ3v) is 6.15. The Labute approximate surface area is 107 Å². The van der Waals surface area contributed by atoms with Crippen molar-refractivity contribution in [2.45, 2.75) is 59.9 Å². The Morgan fingerprint density at radius 3 is 2.07 bits per heavy atom. The summed E-state index contributed by atoms with van der Waals surface area (Å²) >= 11 is 0.178. The molecule has 0 saturated heterocycles. The maximum absolute atomic E-state index is 3.78. The summed E-state index contributed by atoms with van der Waals surface area (Å²) in [6.07, 6.45) is 2.54. The predicted molar refractivity (Wildman–Crippen MR) is 65.5 cm³/mol. The Hall–Kier alpha value is 0.690. The van der Waals surface area contributed by atoms with Gasteiger partial charge in [-0.3, -0.25) is 0 Å². The van der Waals surface area contributed by atoms with Crippen LogP contribution in [0.1, 0.15) is 54.4 Å². The van der Waals surface area contributed by atoms with Gasteiger partial charge in [-0.2, -0.15) is 0 Å². The molecule has 0 bridgehead atoms. The van der Waals surface area contributed by atoms with E-state index < -0.39 is 0 Å². The van der Waals surface area contributed by atoms with E-state index in [1.54, 1.807) is 0 Å². The van der Waals surface area contributed by atoms with Gasteiger partial charge in [0.1, 0.15) is 0 Å². The SMILES string of the molecule is CCC(C)C(C)C(C)C(C)(CC)N[I-]C. The molecule has 0 heterocycles. The van der Waals surface area contributed by atoms with Crippen molar-refractivity contribution in [3.63, 3.8) is 0 Å². The van der Waals surface area contributed by atoms with E-state index in [1.807, 2.05) is 0 Å². The summed E-state index contributed by atoms with van der Waals surface area (Å²) in [5, 5.41) is 0. The van der Waals surface area contributed by atoms with Crippen LogP contribution in [0.2, 0.25) is 0 Å². The van der Waals surface area contributed by atoms with E-state index in [0.717, 1.165) is 17.8 Å². The van der Waals surface area contributed by atoms with Gasteiger partial charge in [-0.15, -0.1) is 0 Å². The molecule has 2 heteroatoms. The first-order valence-corrected chi connectivity index (χ1v) is 9.42. The van der Waals surface area contributed by atoms with E-state index in [1.165, 1.54) is 12.8 Å². The monoisotopic (exact) mass is 326 g/mol. The molecule has 1 nitrogen and oxygen atoms in total. The van der Waals surface area contributed by atoms with Crippen molar-refractivity contribution in [2.75, 3.05) is 4.93 Å². The van der Waals surface area contributed by atoms with Crippen molar-refractivity contribution in [1.29, 1.82) is 0 Å². The van der Waals surface area contributed by atoms with Crippen molar-refractivity contribution in [3.8, 4) is 0 Å². The molecular weight excluding hydrogens is 297 g/mol. The molecule has 4 unspecified atom stereocenters. The molecule has 0 fully saturated rings. The van der Waals surface area contributed by atoms with Crippen LogP contribution in [0.3, 0.4) is 0 Å². The minimum atomic E-state index is 0.178. The van der Waals surface area contributed by atoms with Crippen molar-refractivity contribution in [3.05, 3.63) is 0 Å². The number of halogens is 1. The molecule has 4 atom stereocenters. The fourth-order valence-corrected chi connectivity index (χ4v) is 4.24. The molecule has 0 aromatic rings. The minimum absolute atomic E-state index is 0.178. The second-order valence-electron chi connectivity index (χ2n) is 5.09. The fourth-order valence-electron chi connectivity index (χ4n) is 2.14. The molecule has 1 N–H and O–H groups in total. The Morgan fingerprint density at radius 1 is 1.20 bits per heavy atom. The summed E-state index contributed by atoms with van der Waals surface area (Å²) in [7, 11) is 0. The third kappa shape index (κ3) is 4.22. The van der Waals surface area contributed by atoms with E-state index in [9.17, 15) is 0 Å². The Bertz CT molecular complexity index is 172. The van der Waals surface area contributed by atoms with Gasteiger partial charge in [0.2, 0.25) is 0 Å². The van der Waals surface area contributed by atoms with Gasteiger partial charge in [-0.25, -0.2) is 0 Å². The summed E-state index contributed by atoms with van der Waals surface area (Å²) in [6.45, 7) is 14.2. The van der Waals surface area contributed by atoms with Crippen molar-refractivity contribution in [1.82, 2.24) is 3.53 Å². The van der Waals surface area contributed by atoms with Crippen LogP contribution >= 0.6 is 0 Å². The van der Waals surface area contributed by atoms with Crippen molar-refractivity contribution in [2.24, 2.45) is 17.8 Å². The molecule has 0 aliphatic rings. The Kier molecular flexibility index (Phi) is 7.43. The zero-order valence-electron chi connectivity index (χ0n) is 11.5. The molecule has 15 heavy (non-hydrogen) atoms. The molecule has 0 rings (SSSR count). The zero-order chi connectivity index (χ0) is 12.1. The topological polar surface area (TPSA) is 12.0 Å². The van der Waals surface area contributed by atoms with E-state index in [-0.39, 0.29) is 21.5 Å². The Balaban J connectivity index is 4.55. The quantitative estimate of drug-likeness (QED) is 0.413. The van der Waals surface area contributed by atoms with Crippen LogP contribution in [-0.2, 0) is 0 Å². The first-order valence-electron chi connectivity index (χ1n) is 6.18. The van der Waals surface area contributed by atoms with Crippen LogP contribution < -0.4 is 25.0 Å². The normalized spacial score (nSPS) is 22.1. The van der Waals surface area contributed by atoms with E-state index >= 15 is 0 Å². The van der Waals surface area contributed by atoms with Gasteiger partial charge in [0.25, 0.3) is 0 Å². The molecule has 0 saturated carbocycles. The average molecular weight is 326 g/mol. The summed E-state index contributed by atoms with van der Waals surface area (Å²) in [6, 6.07) is 0. The van der Waals surface area contributed by atoms with Gasteiger partial charge in [0.05, 0.1) is 0 Å². The third-order valence-electron chi connectivity index (χ3n) is 4.38. The molecule has 0 radical (unpaired) electrons. The molecule has 94 valence electrons. The molecule has 0 aromatic carbocycles. The summed E-state index contributed by atoms with van der Waals surface area (Å²) in [4.78, 5) is 2.31. The zero-order valence-corrected chi connectivity index (χ0v) is 13.7. The number of rotatable bonds is 7. The van der Waals surface area contributed by atoms with Crippen molar-refractivity contribution >= 4 is 0 Å². The van der Waals surface area contributed by atoms with E-state index in [0.29, 0.717) is 5.54 Å². The van der Waals surface area contributed by atoms with Crippen molar-refractivity contribution < 1.29 is 21.5 Å². The standard InChI is InChI=1S/C13H29IN/c1-8-10(3)11(4)12(5)13(6,9-2)15-14-7/h10-12,15H,8-9H2,1-7H3/q-1. The van der Waals surface area contributed by atoms with Crippen LogP contribution in [0.4, 0.5) is 0 Å². The molecule has 0 amide bonds. The van der Waals surface area contributed by atoms with Gasteiger partial charge in [0.15, 0.2) is 0 Å². The summed E-state index contributed by atoms with van der Waals surface area (Å²) in [5.74, 6) is 2.41. The fraction of sp³-hybridized carbons (Fsp3) is 1.00. The number of hydrogen-bond donors (Lipinski definition) is 1. The van der Waals surface area contributed by atoms with Crippen LogP contribution in [0.15, 0.2) is 0 Å². The molecule has 0 aliphatic heterocycles. The van der Waals surface area contributed by atoms with Crippen LogP contribution in [0.25, 0.3) is 0 Å². The van der Waals surface area contributed by atoms with Gasteiger partial charge in [0, 0.05) is 0 Å². The second kappa shape index (κ2) is 7.10. The second-order valence-corrected chi connectivity index (χ2v) is 6.71. The molecule has 0 spiro atoms. The first-order chi connectivity index (χ1) is 6.92. The van der Waals surface area contributed by atoms with Crippen LogP contribution in [0, 0.1) is 17.8 Å². The van der Waals surface area contributed by atoms with Gasteiger partial charge in [-0.05, 0) is 0 Å². The maximum atomic E-state index is 3.78. The number of nitrogens with one attached hydrogen (secondary N) is 1. The van der Waals surface area contributed by atoms with Crippen LogP contribution in [0.5, 0.6) is 0 Å². The van der Waals surface area contributed by atoms with E-state index in [4.69, 9.17) is 0 Å². The predicted octanol–water partition coefficient (Wildman–Crippen LogP) is 0.697. The molecule has 0 aliphatic carbocycles. The number of alkyl halides is 1. The van der Waals surface area contributed by atoms with Crippen LogP contribution in [-0.4, -0.2) is 10.5 Å². The van der Waals surface area contributed by atoms with Gasteiger partial charge >= 0.3 is 108 Å². The van der Waals surface area contributed by atoms with Gasteiger partial charge in [-0.1, -0.05) is 0 Å². The molecule has 0 aromatic heterocycles. The summed E-state index contributed by atoms with van der Waals surface area (Å²) in [5.41, 5.74) is 0.352. The summed E-state index contributed by atoms with van der Waals surface area (Å²) < 4.78 is 3.78. The molecular formula is C13H29IN-. The average Bonchev–Trinajstić information content (AvgIpc) is 2.26. The number of hydrogen-bond acceptors (Lipinski definition) is 1. The van der Waals surface area contributed by atoms with E-state index in [2.05, 4.69) is 50.0 Å². The van der Waals surface area contributed by atoms with Gasteiger partial charge < -0.3 is 0 Å². The Morgan fingerprint density at radius 2 is 1.73 bits per heavy atom.